The van der Waals surface area contributed by atoms with Crippen LogP contribution in [0.4, 0.5) is 0 Å². The molecule has 2 aromatic rings. The van der Waals surface area contributed by atoms with Crippen molar-refractivity contribution in [3.63, 3.8) is 0 Å². The zero-order valence-corrected chi connectivity index (χ0v) is 17.7. The molecule has 0 saturated carbocycles. The molecule has 1 aromatic heterocycles. The summed E-state index contributed by atoms with van der Waals surface area (Å²) in [5.74, 6) is 2.01. The van der Waals surface area contributed by atoms with Gasteiger partial charge >= 0.3 is 0 Å². The number of hydrogen-bond acceptors (Lipinski definition) is 7. The minimum absolute atomic E-state index is 0.0170. The zero-order valence-electron chi connectivity index (χ0n) is 17.7. The first-order valence-electron chi connectivity index (χ1n) is 10.6. The fourth-order valence-electron chi connectivity index (χ4n) is 4.40. The number of aromatic nitrogens is 1. The first-order valence-corrected chi connectivity index (χ1v) is 10.6. The van der Waals surface area contributed by atoms with Crippen molar-refractivity contribution >= 4 is 11.6 Å². The number of carbonyl (C=O) groups is 1. The van der Waals surface area contributed by atoms with Crippen LogP contribution in [0, 0.1) is 0 Å². The van der Waals surface area contributed by atoms with Crippen molar-refractivity contribution in [2.75, 3.05) is 26.8 Å². The van der Waals surface area contributed by atoms with Crippen LogP contribution in [0.25, 0.3) is 5.70 Å². The Bertz CT molecular complexity index is 996. The number of methoxy groups -OCH3 is 1. The lowest BCUT2D eigenvalue weighted by molar-refractivity contribution is -0.142. The van der Waals surface area contributed by atoms with Crippen LogP contribution in [0.5, 0.6) is 17.2 Å². The largest absolute Gasteiger partial charge is 0.493 e. The van der Waals surface area contributed by atoms with Crippen molar-refractivity contribution in [1.29, 1.82) is 0 Å². The number of carbonyl (C=O) groups excluding carboxylic acids is 1. The maximum absolute atomic E-state index is 12.9. The predicted molar refractivity (Wildman–Crippen MR) is 115 cm³/mol. The molecule has 3 atom stereocenters. The van der Waals surface area contributed by atoms with E-state index in [-0.39, 0.29) is 24.3 Å². The molecular formula is C23H26N4O4. The van der Waals surface area contributed by atoms with Gasteiger partial charge in [0, 0.05) is 48.9 Å². The van der Waals surface area contributed by atoms with E-state index in [0.29, 0.717) is 30.4 Å². The van der Waals surface area contributed by atoms with Gasteiger partial charge in [0.15, 0.2) is 17.8 Å². The quantitative estimate of drug-likeness (QED) is 0.809. The molecule has 1 fully saturated rings. The molecule has 31 heavy (non-hydrogen) atoms. The summed E-state index contributed by atoms with van der Waals surface area (Å²) >= 11 is 0. The lowest BCUT2D eigenvalue weighted by atomic mass is 10.1. The number of para-hydroxylation sites is 1. The van der Waals surface area contributed by atoms with Gasteiger partial charge in [0.05, 0.1) is 7.11 Å². The number of amides is 1. The lowest BCUT2D eigenvalue weighted by Gasteiger charge is -2.50. The fraction of sp³-hybridized carbons (Fsp3) is 0.391. The van der Waals surface area contributed by atoms with E-state index in [4.69, 9.17) is 14.2 Å². The highest BCUT2D eigenvalue weighted by atomic mass is 16.6. The lowest BCUT2D eigenvalue weighted by Crippen LogP contribution is -2.67. The molecule has 1 aromatic carbocycles. The minimum Gasteiger partial charge on any atom is -0.493 e. The number of nitrogens with zero attached hydrogens (tertiary/aromatic N) is 3. The van der Waals surface area contributed by atoms with Crippen LogP contribution in [-0.4, -0.2) is 65.9 Å². The van der Waals surface area contributed by atoms with Gasteiger partial charge in [0.1, 0.15) is 12.7 Å². The van der Waals surface area contributed by atoms with Crippen molar-refractivity contribution < 1.29 is 19.0 Å². The van der Waals surface area contributed by atoms with Gasteiger partial charge in [-0.15, -0.1) is 0 Å². The van der Waals surface area contributed by atoms with E-state index < -0.39 is 0 Å². The third-order valence-electron chi connectivity index (χ3n) is 6.07. The Hall–Kier alpha value is -3.26. The Kier molecular flexibility index (Phi) is 5.15. The smallest absolute Gasteiger partial charge is 0.251 e. The molecule has 1 saturated heterocycles. The minimum atomic E-state index is -0.236. The number of nitrogens with one attached hydrogen (secondary N) is 1. The highest BCUT2D eigenvalue weighted by Gasteiger charge is 2.40. The van der Waals surface area contributed by atoms with E-state index in [0.717, 1.165) is 24.2 Å². The van der Waals surface area contributed by atoms with Crippen LogP contribution in [0.2, 0.25) is 0 Å². The van der Waals surface area contributed by atoms with E-state index in [1.807, 2.05) is 35.2 Å². The Morgan fingerprint density at radius 2 is 2.10 bits per heavy atom. The van der Waals surface area contributed by atoms with Crippen LogP contribution in [0.1, 0.15) is 18.9 Å². The summed E-state index contributed by atoms with van der Waals surface area (Å²) in [5.41, 5.74) is 1.75. The van der Waals surface area contributed by atoms with Crippen molar-refractivity contribution in [3.05, 3.63) is 54.4 Å². The van der Waals surface area contributed by atoms with Crippen molar-refractivity contribution in [1.82, 2.24) is 20.1 Å². The molecule has 1 amide bonds. The molecule has 8 heteroatoms. The molecule has 0 spiro atoms. The summed E-state index contributed by atoms with van der Waals surface area (Å²) in [6.45, 7) is 3.96. The molecule has 3 unspecified atom stereocenters. The van der Waals surface area contributed by atoms with Crippen LogP contribution >= 0.6 is 0 Å². The second kappa shape index (κ2) is 8.11. The van der Waals surface area contributed by atoms with Crippen molar-refractivity contribution in [2.24, 2.45) is 0 Å². The maximum atomic E-state index is 12.9. The Morgan fingerprint density at radius 3 is 2.90 bits per heavy atom. The number of fused-ring (bicyclic) bond motifs is 2. The number of benzene rings is 1. The standard InChI is InChI=1S/C23H26N4O4/c1-15-8-11-26-21(28)12-18(16-6-9-24-10-7-16)25-23(26)27(15)13-17-14-30-22-19(29-2)4-3-5-20(22)31-17/h3-7,9-10,12,15,17,23,25H,8,11,13-14H2,1-2H3. The monoisotopic (exact) mass is 422 g/mol. The second-order valence-electron chi connectivity index (χ2n) is 8.02. The molecule has 162 valence electrons. The summed E-state index contributed by atoms with van der Waals surface area (Å²) < 4.78 is 17.6. The molecule has 0 radical (unpaired) electrons. The van der Waals surface area contributed by atoms with Crippen LogP contribution in [0.15, 0.2) is 48.8 Å². The van der Waals surface area contributed by atoms with E-state index in [2.05, 4.69) is 22.1 Å². The van der Waals surface area contributed by atoms with Crippen LogP contribution in [0.3, 0.4) is 0 Å². The molecule has 0 bridgehead atoms. The topological polar surface area (TPSA) is 76.2 Å². The van der Waals surface area contributed by atoms with Gasteiger partial charge in [0.25, 0.3) is 5.91 Å². The third kappa shape index (κ3) is 3.67. The average Bonchev–Trinajstić information content (AvgIpc) is 2.80. The summed E-state index contributed by atoms with van der Waals surface area (Å²) in [7, 11) is 1.62. The van der Waals surface area contributed by atoms with Crippen molar-refractivity contribution in [2.45, 2.75) is 31.8 Å². The Labute approximate surface area is 181 Å². The van der Waals surface area contributed by atoms with E-state index in [1.165, 1.54) is 0 Å². The van der Waals surface area contributed by atoms with Crippen LogP contribution < -0.4 is 19.5 Å². The highest BCUT2D eigenvalue weighted by Crippen LogP contribution is 2.40. The normalized spacial score (nSPS) is 25.4. The molecule has 4 heterocycles. The summed E-state index contributed by atoms with van der Waals surface area (Å²) in [5, 5.41) is 3.56. The van der Waals surface area contributed by atoms with Gasteiger partial charge in [-0.2, -0.15) is 0 Å². The summed E-state index contributed by atoms with van der Waals surface area (Å²) in [6, 6.07) is 9.73. The second-order valence-corrected chi connectivity index (χ2v) is 8.02. The van der Waals surface area contributed by atoms with Crippen molar-refractivity contribution in [3.8, 4) is 17.2 Å². The van der Waals surface area contributed by atoms with Gasteiger partial charge in [0.2, 0.25) is 5.75 Å². The van der Waals surface area contributed by atoms with E-state index in [9.17, 15) is 4.79 Å². The van der Waals surface area contributed by atoms with Gasteiger partial charge in [-0.25, -0.2) is 0 Å². The molecule has 0 aliphatic carbocycles. The predicted octanol–water partition coefficient (Wildman–Crippen LogP) is 2.08. The van der Waals surface area contributed by atoms with Gasteiger partial charge in [-0.05, 0) is 37.6 Å². The number of rotatable bonds is 4. The third-order valence-corrected chi connectivity index (χ3v) is 6.07. The molecule has 3 aliphatic heterocycles. The van der Waals surface area contributed by atoms with Gasteiger partial charge in [-0.1, -0.05) is 6.07 Å². The van der Waals surface area contributed by atoms with Gasteiger partial charge in [-0.3, -0.25) is 14.7 Å². The van der Waals surface area contributed by atoms with E-state index in [1.54, 1.807) is 25.6 Å². The molecule has 1 N–H and O–H groups in total. The fourth-order valence-corrected chi connectivity index (χ4v) is 4.40. The Balaban J connectivity index is 1.36. The summed E-state index contributed by atoms with van der Waals surface area (Å²) in [4.78, 5) is 21.1. The van der Waals surface area contributed by atoms with Gasteiger partial charge < -0.3 is 24.4 Å². The van der Waals surface area contributed by atoms with Crippen LogP contribution in [-0.2, 0) is 4.79 Å². The maximum Gasteiger partial charge on any atom is 0.251 e. The van der Waals surface area contributed by atoms with E-state index >= 15 is 0 Å². The SMILES string of the molecule is COc1cccc2c1OCC(CN1C(C)CCN3C(=O)C=C(c4ccncc4)NC31)O2. The number of ether oxygens (including phenoxy) is 3. The number of pyridine rings is 1. The molecule has 3 aliphatic rings. The molecule has 5 rings (SSSR count). The average molecular weight is 422 g/mol. The zero-order chi connectivity index (χ0) is 21.4. The Morgan fingerprint density at radius 1 is 1.26 bits per heavy atom. The summed E-state index contributed by atoms with van der Waals surface area (Å²) in [6.07, 6.45) is 5.64. The first kappa shape index (κ1) is 19.7. The highest BCUT2D eigenvalue weighted by molar-refractivity contribution is 5.96. The molecule has 8 nitrogen and oxygen atoms in total. The first-order chi connectivity index (χ1) is 15.1. The molecular weight excluding hydrogens is 396 g/mol. The number of hydrogen-bond donors (Lipinski definition) is 1.